The fraction of sp³-hybridized carbons (Fsp3) is 0.375. The van der Waals surface area contributed by atoms with E-state index in [0.29, 0.717) is 22.9 Å². The van der Waals surface area contributed by atoms with Crippen LogP contribution in [0.4, 0.5) is 5.82 Å². The predicted octanol–water partition coefficient (Wildman–Crippen LogP) is 3.42. The molecule has 1 aromatic heterocycles. The van der Waals surface area contributed by atoms with Gasteiger partial charge >= 0.3 is 0 Å². The van der Waals surface area contributed by atoms with Gasteiger partial charge in [-0.15, -0.1) is 0 Å². The molecule has 2 heterocycles. The summed E-state index contributed by atoms with van der Waals surface area (Å²) in [6.07, 6.45) is 0. The van der Waals surface area contributed by atoms with Crippen LogP contribution < -0.4 is 5.32 Å². The van der Waals surface area contributed by atoms with Crippen LogP contribution in [0.25, 0.3) is 0 Å². The minimum Gasteiger partial charge on any atom is -0.306 e. The van der Waals surface area contributed by atoms with Crippen LogP contribution in [0.5, 0.6) is 0 Å². The number of hydrogen-bond acceptors (Lipinski definition) is 3. The Morgan fingerprint density at radius 1 is 1.26 bits per heavy atom. The molecule has 2 aromatic rings. The van der Waals surface area contributed by atoms with Gasteiger partial charge in [0.25, 0.3) is 5.91 Å². The van der Waals surface area contributed by atoms with E-state index in [1.165, 1.54) is 0 Å². The summed E-state index contributed by atoms with van der Waals surface area (Å²) < 4.78 is 14.6. The van der Waals surface area contributed by atoms with Gasteiger partial charge in [0.2, 0.25) is 0 Å². The molecule has 1 amide bonds. The maximum atomic E-state index is 12.5. The number of rotatable bonds is 2. The number of carbonyl (C=O) groups is 1. The lowest BCUT2D eigenvalue weighted by Gasteiger charge is -2.23. The lowest BCUT2D eigenvalue weighted by molar-refractivity contribution is 0.102. The van der Waals surface area contributed by atoms with Crippen molar-refractivity contribution in [1.29, 1.82) is 0 Å². The van der Waals surface area contributed by atoms with Crippen LogP contribution in [0.15, 0.2) is 28.7 Å². The number of nitrogens with zero attached hydrogens (tertiary/aromatic N) is 2. The summed E-state index contributed by atoms with van der Waals surface area (Å²) in [7, 11) is -0.929. The molecule has 0 unspecified atom stereocenters. The first-order valence-corrected chi connectivity index (χ1v) is 9.57. The van der Waals surface area contributed by atoms with E-state index in [0.717, 1.165) is 15.7 Å². The SMILES string of the molecule is CC(C)(C)n1nc2c(c1NC(=O)c1ccc(Br)cc1)C[S@@](=O)C2. The molecule has 0 aliphatic carbocycles. The summed E-state index contributed by atoms with van der Waals surface area (Å²) in [4.78, 5) is 12.5. The van der Waals surface area contributed by atoms with Crippen LogP contribution >= 0.6 is 15.9 Å². The van der Waals surface area contributed by atoms with Gasteiger partial charge in [0, 0.05) is 26.4 Å². The van der Waals surface area contributed by atoms with Gasteiger partial charge in [-0.1, -0.05) is 15.9 Å². The zero-order chi connectivity index (χ0) is 16.8. The van der Waals surface area contributed by atoms with E-state index >= 15 is 0 Å². The van der Waals surface area contributed by atoms with Crippen molar-refractivity contribution in [2.75, 3.05) is 5.32 Å². The van der Waals surface area contributed by atoms with Crippen molar-refractivity contribution in [3.63, 3.8) is 0 Å². The number of nitrogens with one attached hydrogen (secondary N) is 1. The molecule has 3 rings (SSSR count). The molecule has 1 atom stereocenters. The van der Waals surface area contributed by atoms with Crippen LogP contribution in [0.2, 0.25) is 0 Å². The first-order chi connectivity index (χ1) is 10.8. The quantitative estimate of drug-likeness (QED) is 0.846. The van der Waals surface area contributed by atoms with Gasteiger partial charge in [-0.2, -0.15) is 5.10 Å². The minimum atomic E-state index is -0.929. The predicted molar refractivity (Wildman–Crippen MR) is 94.9 cm³/mol. The molecule has 122 valence electrons. The standard InChI is InChI=1S/C16H18BrN3O2S/c1-16(2,3)20-14(12-8-23(22)9-13(12)19-20)18-15(21)10-4-6-11(17)7-5-10/h4-7H,8-9H2,1-3H3,(H,18,21)/t23-/m1/s1. The van der Waals surface area contributed by atoms with Crippen molar-refractivity contribution in [3.8, 4) is 0 Å². The fourth-order valence-electron chi connectivity index (χ4n) is 2.52. The van der Waals surface area contributed by atoms with E-state index in [1.807, 2.05) is 37.6 Å². The monoisotopic (exact) mass is 395 g/mol. The topological polar surface area (TPSA) is 64.0 Å². The van der Waals surface area contributed by atoms with Gasteiger partial charge in [0.05, 0.1) is 22.7 Å². The maximum Gasteiger partial charge on any atom is 0.256 e. The van der Waals surface area contributed by atoms with Crippen LogP contribution in [-0.2, 0) is 27.8 Å². The third-order valence-corrected chi connectivity index (χ3v) is 5.38. The van der Waals surface area contributed by atoms with Gasteiger partial charge in [-0.25, -0.2) is 4.68 Å². The van der Waals surface area contributed by atoms with Gasteiger partial charge in [0.1, 0.15) is 5.82 Å². The van der Waals surface area contributed by atoms with E-state index in [9.17, 15) is 9.00 Å². The molecule has 5 nitrogen and oxygen atoms in total. The lowest BCUT2D eigenvalue weighted by Crippen LogP contribution is -2.27. The molecule has 23 heavy (non-hydrogen) atoms. The van der Waals surface area contributed by atoms with Crippen LogP contribution in [0, 0.1) is 0 Å². The third kappa shape index (κ3) is 3.26. The smallest absolute Gasteiger partial charge is 0.256 e. The summed E-state index contributed by atoms with van der Waals surface area (Å²) in [5.41, 5.74) is 2.02. The summed E-state index contributed by atoms with van der Waals surface area (Å²) >= 11 is 3.36. The summed E-state index contributed by atoms with van der Waals surface area (Å²) in [6, 6.07) is 7.18. The molecule has 0 saturated heterocycles. The molecule has 7 heteroatoms. The Hall–Kier alpha value is -1.47. The summed E-state index contributed by atoms with van der Waals surface area (Å²) in [5.74, 6) is 1.37. The Kier molecular flexibility index (Phi) is 4.18. The number of benzene rings is 1. The highest BCUT2D eigenvalue weighted by atomic mass is 79.9. The van der Waals surface area contributed by atoms with E-state index in [1.54, 1.807) is 12.1 Å². The minimum absolute atomic E-state index is 0.191. The van der Waals surface area contributed by atoms with Crippen molar-refractivity contribution in [3.05, 3.63) is 45.6 Å². The highest BCUT2D eigenvalue weighted by molar-refractivity contribution is 9.10. The summed E-state index contributed by atoms with van der Waals surface area (Å²) in [6.45, 7) is 6.09. The van der Waals surface area contributed by atoms with E-state index < -0.39 is 10.8 Å². The van der Waals surface area contributed by atoms with Crippen molar-refractivity contribution in [2.45, 2.75) is 37.8 Å². The molecular formula is C16H18BrN3O2S. The molecule has 0 radical (unpaired) electrons. The fourth-order valence-corrected chi connectivity index (χ4v) is 4.05. The molecule has 1 aliphatic heterocycles. The molecule has 1 aromatic carbocycles. The zero-order valence-corrected chi connectivity index (χ0v) is 15.6. The average molecular weight is 396 g/mol. The number of halogens is 1. The lowest BCUT2D eigenvalue weighted by atomic mass is 10.1. The molecular weight excluding hydrogens is 378 g/mol. The van der Waals surface area contributed by atoms with Gasteiger partial charge < -0.3 is 5.32 Å². The Balaban J connectivity index is 1.97. The number of hydrogen-bond donors (Lipinski definition) is 1. The molecule has 1 N–H and O–H groups in total. The van der Waals surface area contributed by atoms with Crippen molar-refractivity contribution >= 4 is 38.5 Å². The Morgan fingerprint density at radius 2 is 1.91 bits per heavy atom. The molecule has 1 aliphatic rings. The zero-order valence-electron chi connectivity index (χ0n) is 13.2. The average Bonchev–Trinajstić information content (AvgIpc) is 2.97. The highest BCUT2D eigenvalue weighted by Gasteiger charge is 2.31. The number of carbonyl (C=O) groups excluding carboxylic acids is 1. The highest BCUT2D eigenvalue weighted by Crippen LogP contribution is 2.33. The van der Waals surface area contributed by atoms with Crippen molar-refractivity contribution in [2.24, 2.45) is 0 Å². The molecule has 0 saturated carbocycles. The van der Waals surface area contributed by atoms with Gasteiger partial charge in [0.15, 0.2) is 0 Å². The van der Waals surface area contributed by atoms with Crippen molar-refractivity contribution < 1.29 is 9.00 Å². The molecule has 0 fully saturated rings. The third-order valence-electron chi connectivity index (χ3n) is 3.64. The van der Waals surface area contributed by atoms with Gasteiger partial charge in [-0.05, 0) is 45.0 Å². The summed E-state index contributed by atoms with van der Waals surface area (Å²) in [5, 5.41) is 7.54. The normalized spacial score (nSPS) is 17.1. The Bertz CT molecular complexity index is 791. The number of fused-ring (bicyclic) bond motifs is 1. The Morgan fingerprint density at radius 3 is 2.52 bits per heavy atom. The number of aromatic nitrogens is 2. The first-order valence-electron chi connectivity index (χ1n) is 7.29. The number of anilines is 1. The first kappa shape index (κ1) is 16.4. The molecule has 0 spiro atoms. The largest absolute Gasteiger partial charge is 0.306 e. The van der Waals surface area contributed by atoms with Crippen LogP contribution in [0.3, 0.4) is 0 Å². The van der Waals surface area contributed by atoms with Crippen molar-refractivity contribution in [1.82, 2.24) is 9.78 Å². The number of amides is 1. The molecule has 0 bridgehead atoms. The van der Waals surface area contributed by atoms with E-state index in [4.69, 9.17) is 0 Å². The maximum absolute atomic E-state index is 12.5. The Labute approximate surface area is 146 Å². The second kappa shape index (κ2) is 5.87. The van der Waals surface area contributed by atoms with Crippen LogP contribution in [0.1, 0.15) is 42.4 Å². The van der Waals surface area contributed by atoms with Gasteiger partial charge in [-0.3, -0.25) is 9.00 Å². The van der Waals surface area contributed by atoms with E-state index in [-0.39, 0.29) is 11.4 Å². The van der Waals surface area contributed by atoms with Crippen LogP contribution in [-0.4, -0.2) is 19.9 Å². The van der Waals surface area contributed by atoms with E-state index in [2.05, 4.69) is 26.3 Å². The second-order valence-electron chi connectivity index (χ2n) is 6.55. The second-order valence-corrected chi connectivity index (χ2v) is 8.92.